The molecule has 0 saturated carbocycles. The van der Waals surface area contributed by atoms with E-state index in [9.17, 15) is 20.4 Å². The number of hydrogen-bond donors (Lipinski definition) is 6. The van der Waals surface area contributed by atoms with Crippen molar-refractivity contribution in [3.8, 4) is 0 Å². The molecule has 4 N–H and O–H groups in total. The van der Waals surface area contributed by atoms with E-state index >= 15 is 0 Å². The Morgan fingerprint density at radius 2 is 0.692 bits per heavy atom. The molecule has 4 nitrogen and oxygen atoms in total. The smallest absolute Gasteiger partial charge is 0.128 e. The highest BCUT2D eigenvalue weighted by molar-refractivity contribution is 7.80. The van der Waals surface area contributed by atoms with E-state index in [2.05, 4.69) is 83.1 Å². The van der Waals surface area contributed by atoms with E-state index in [1.165, 1.54) is 0 Å². The Kier molecular flexibility index (Phi) is 9.64. The van der Waals surface area contributed by atoms with E-state index < -0.39 is 52.5 Å². The van der Waals surface area contributed by atoms with Crippen molar-refractivity contribution in [1.82, 2.24) is 0 Å². The van der Waals surface area contributed by atoms with Crippen LogP contribution in [-0.2, 0) is 27.3 Å². The highest BCUT2D eigenvalue weighted by Gasteiger charge is 2.57. The first-order valence-electron chi connectivity index (χ1n) is 13.7. The molecule has 2 aromatic rings. The van der Waals surface area contributed by atoms with Crippen LogP contribution in [0.4, 0.5) is 0 Å². The van der Waals surface area contributed by atoms with Crippen molar-refractivity contribution in [2.75, 3.05) is 19.8 Å². The second kappa shape index (κ2) is 11.0. The third-order valence-corrected chi connectivity index (χ3v) is 8.39. The fraction of sp³-hybridized carbons (Fsp3) is 0.636. The lowest BCUT2D eigenvalue weighted by Crippen LogP contribution is -2.57. The standard InChI is InChI=1S/C33H52O4S2/c1-28(2,3)22-13-20(38)14-23(29(4,5)6)26(22)33(37,32(17-34,18-35)19-36)27-24(30(7,8)9)15-21(39)16-25(27)31(10,11)12/h13-16,34-39H,17-19H2,1-12H3. The molecular formula is C33H52O4S2. The SMILES string of the molecule is CC(C)(C)c1cc(S)cc(C(C)(C)C)c1C(O)(c1c(C(C)(C)C)cc(S)cc1C(C)(C)C)C(CO)(CO)CO. The molecule has 2 aromatic carbocycles. The lowest BCUT2D eigenvalue weighted by atomic mass is 9.56. The molecule has 0 spiro atoms. The maximum atomic E-state index is 13.7. The van der Waals surface area contributed by atoms with Crippen LogP contribution in [0.5, 0.6) is 0 Å². The van der Waals surface area contributed by atoms with Gasteiger partial charge in [-0.25, -0.2) is 0 Å². The summed E-state index contributed by atoms with van der Waals surface area (Å²) in [6.45, 7) is 23.0. The monoisotopic (exact) mass is 576 g/mol. The van der Waals surface area contributed by atoms with Crippen LogP contribution < -0.4 is 0 Å². The summed E-state index contributed by atoms with van der Waals surface area (Å²) in [5.74, 6) is 0. The van der Waals surface area contributed by atoms with Crippen molar-refractivity contribution in [3.05, 3.63) is 57.6 Å². The second-order valence-electron chi connectivity index (χ2n) is 15.3. The second-order valence-corrected chi connectivity index (χ2v) is 16.3. The van der Waals surface area contributed by atoms with Gasteiger partial charge in [0.1, 0.15) is 5.60 Å². The lowest BCUT2D eigenvalue weighted by molar-refractivity contribution is -0.138. The number of hydrogen-bond acceptors (Lipinski definition) is 6. The van der Waals surface area contributed by atoms with Gasteiger partial charge in [-0.3, -0.25) is 0 Å². The minimum atomic E-state index is -2.00. The molecule has 0 amide bonds. The molecule has 0 unspecified atom stereocenters. The number of thiol groups is 2. The van der Waals surface area contributed by atoms with Gasteiger partial charge in [0.05, 0.1) is 25.2 Å². The molecule has 0 saturated heterocycles. The predicted molar refractivity (Wildman–Crippen MR) is 169 cm³/mol. The van der Waals surface area contributed by atoms with E-state index in [1.807, 2.05) is 24.3 Å². The van der Waals surface area contributed by atoms with Gasteiger partial charge in [-0.2, -0.15) is 0 Å². The fourth-order valence-corrected chi connectivity index (χ4v) is 6.06. The Morgan fingerprint density at radius 1 is 0.487 bits per heavy atom. The number of rotatable bonds is 6. The number of aliphatic hydroxyl groups is 4. The molecule has 0 atom stereocenters. The van der Waals surface area contributed by atoms with E-state index in [-0.39, 0.29) is 0 Å². The van der Waals surface area contributed by atoms with E-state index in [4.69, 9.17) is 25.3 Å². The minimum absolute atomic E-state index is 0.443. The molecule has 0 radical (unpaired) electrons. The summed E-state index contributed by atoms with van der Waals surface area (Å²) < 4.78 is 0. The van der Waals surface area contributed by atoms with Crippen LogP contribution in [0.3, 0.4) is 0 Å². The fourth-order valence-electron chi connectivity index (χ4n) is 5.55. The molecule has 6 heteroatoms. The van der Waals surface area contributed by atoms with Crippen LogP contribution in [0.15, 0.2) is 34.1 Å². The Morgan fingerprint density at radius 3 is 0.846 bits per heavy atom. The zero-order chi connectivity index (χ0) is 30.6. The van der Waals surface area contributed by atoms with Gasteiger partial charge in [0.15, 0.2) is 0 Å². The first kappa shape index (κ1) is 34.2. The molecule has 2 rings (SSSR count). The first-order valence-corrected chi connectivity index (χ1v) is 14.6. The van der Waals surface area contributed by atoms with Crippen molar-refractivity contribution in [3.63, 3.8) is 0 Å². The van der Waals surface area contributed by atoms with E-state index in [0.29, 0.717) is 11.1 Å². The van der Waals surface area contributed by atoms with Gasteiger partial charge in [0.2, 0.25) is 0 Å². The molecule has 0 bridgehead atoms. The Labute approximate surface area is 248 Å². The average molecular weight is 577 g/mol. The molecule has 0 aromatic heterocycles. The van der Waals surface area contributed by atoms with Crippen molar-refractivity contribution < 1.29 is 20.4 Å². The molecule has 220 valence electrons. The zero-order valence-corrected chi connectivity index (χ0v) is 27.9. The topological polar surface area (TPSA) is 80.9 Å². The molecule has 0 aliphatic heterocycles. The average Bonchev–Trinajstić information content (AvgIpc) is 2.76. The van der Waals surface area contributed by atoms with Gasteiger partial charge in [-0.15, -0.1) is 25.3 Å². The van der Waals surface area contributed by atoms with E-state index in [1.54, 1.807) is 0 Å². The van der Waals surface area contributed by atoms with Crippen molar-refractivity contribution in [1.29, 1.82) is 0 Å². The lowest BCUT2D eigenvalue weighted by Gasteiger charge is -2.51. The highest BCUT2D eigenvalue weighted by atomic mass is 32.1. The molecule has 39 heavy (non-hydrogen) atoms. The number of benzene rings is 2. The van der Waals surface area contributed by atoms with Crippen LogP contribution in [0.25, 0.3) is 0 Å². The molecular weight excluding hydrogens is 524 g/mol. The van der Waals surface area contributed by atoms with Gasteiger partial charge in [-0.1, -0.05) is 83.1 Å². The van der Waals surface area contributed by atoms with Crippen molar-refractivity contribution >= 4 is 25.3 Å². The number of aliphatic hydroxyl groups excluding tert-OH is 3. The molecule has 0 aliphatic carbocycles. The normalized spacial score (nSPS) is 14.2. The summed E-state index contributed by atoms with van der Waals surface area (Å²) in [6, 6.07) is 7.87. The van der Waals surface area contributed by atoms with Gasteiger partial charge in [-0.05, 0) is 79.3 Å². The van der Waals surface area contributed by atoms with Crippen molar-refractivity contribution in [2.24, 2.45) is 5.41 Å². The Balaban J connectivity index is 3.57. The van der Waals surface area contributed by atoms with Gasteiger partial charge in [0.25, 0.3) is 0 Å². The summed E-state index contributed by atoms with van der Waals surface area (Å²) in [5.41, 5.74) is -0.914. The highest BCUT2D eigenvalue weighted by Crippen LogP contribution is 2.56. The Bertz CT molecular complexity index is 1020. The maximum Gasteiger partial charge on any atom is 0.128 e. The first-order chi connectivity index (χ1) is 17.4. The summed E-state index contributed by atoms with van der Waals surface area (Å²) in [6.07, 6.45) is 0. The maximum absolute atomic E-state index is 13.7. The summed E-state index contributed by atoms with van der Waals surface area (Å²) in [5, 5.41) is 46.7. The van der Waals surface area contributed by atoms with Crippen LogP contribution in [0.1, 0.15) is 116 Å². The van der Waals surface area contributed by atoms with Gasteiger partial charge < -0.3 is 20.4 Å². The van der Waals surface area contributed by atoms with Crippen LogP contribution in [0, 0.1) is 5.41 Å². The van der Waals surface area contributed by atoms with Crippen molar-refractivity contribution in [2.45, 2.75) is 120 Å². The third kappa shape index (κ3) is 6.27. The molecule has 0 aliphatic rings. The van der Waals surface area contributed by atoms with Gasteiger partial charge >= 0.3 is 0 Å². The van der Waals surface area contributed by atoms with Crippen LogP contribution in [0.2, 0.25) is 0 Å². The van der Waals surface area contributed by atoms with Gasteiger partial charge in [0, 0.05) is 9.79 Å². The summed E-state index contributed by atoms with van der Waals surface area (Å²) in [7, 11) is 0. The van der Waals surface area contributed by atoms with Crippen LogP contribution in [-0.4, -0.2) is 40.2 Å². The molecule has 0 heterocycles. The summed E-state index contributed by atoms with van der Waals surface area (Å²) >= 11 is 9.53. The van der Waals surface area contributed by atoms with Crippen LogP contribution >= 0.6 is 25.3 Å². The molecule has 0 fully saturated rings. The quantitative estimate of drug-likeness (QED) is 0.218. The minimum Gasteiger partial charge on any atom is -0.395 e. The van der Waals surface area contributed by atoms with E-state index in [0.717, 1.165) is 32.0 Å². The predicted octanol–water partition coefficient (Wildman–Crippen LogP) is 6.65. The largest absolute Gasteiger partial charge is 0.395 e. The third-order valence-electron chi connectivity index (χ3n) is 7.88. The summed E-state index contributed by atoms with van der Waals surface area (Å²) in [4.78, 5) is 1.52. The Hall–Kier alpha value is -1.02. The zero-order valence-electron chi connectivity index (χ0n) is 26.1.